The number of hydrogen-bond acceptors (Lipinski definition) is 5. The van der Waals surface area contributed by atoms with E-state index in [4.69, 9.17) is 4.74 Å². The third-order valence-corrected chi connectivity index (χ3v) is 5.64. The molecule has 0 saturated carbocycles. The molecule has 33 heavy (non-hydrogen) atoms. The molecule has 0 radical (unpaired) electrons. The van der Waals surface area contributed by atoms with E-state index < -0.39 is 23.5 Å². The van der Waals surface area contributed by atoms with Gasteiger partial charge in [-0.05, 0) is 81.9 Å². The maximum atomic E-state index is 13.6. The first-order valence-corrected chi connectivity index (χ1v) is 11.2. The lowest BCUT2D eigenvalue weighted by atomic mass is 9.94. The van der Waals surface area contributed by atoms with Gasteiger partial charge >= 0.3 is 0 Å². The Morgan fingerprint density at radius 2 is 1.85 bits per heavy atom. The molecule has 1 aliphatic rings. The molecule has 1 N–H and O–H groups in total. The number of aliphatic hydroxyl groups is 1. The van der Waals surface area contributed by atoms with E-state index >= 15 is 0 Å². The first-order chi connectivity index (χ1) is 15.7. The predicted octanol–water partition coefficient (Wildman–Crippen LogP) is 4.30. The summed E-state index contributed by atoms with van der Waals surface area (Å²) in [4.78, 5) is 29.5. The number of hydrogen-bond donors (Lipinski definition) is 1. The maximum Gasteiger partial charge on any atom is 0.295 e. The number of ketones is 1. The van der Waals surface area contributed by atoms with Crippen molar-refractivity contribution in [2.45, 2.75) is 32.7 Å². The van der Waals surface area contributed by atoms with Crippen LogP contribution in [0.2, 0.25) is 0 Å². The molecule has 6 nitrogen and oxygen atoms in total. The maximum absolute atomic E-state index is 13.6. The van der Waals surface area contributed by atoms with Gasteiger partial charge in [-0.3, -0.25) is 9.59 Å². The highest BCUT2D eigenvalue weighted by atomic mass is 19.1. The van der Waals surface area contributed by atoms with Crippen molar-refractivity contribution in [3.8, 4) is 5.75 Å². The molecule has 2 aromatic carbocycles. The number of rotatable bonds is 9. The van der Waals surface area contributed by atoms with Gasteiger partial charge < -0.3 is 19.6 Å². The predicted molar refractivity (Wildman–Crippen MR) is 126 cm³/mol. The van der Waals surface area contributed by atoms with Crippen LogP contribution in [0.5, 0.6) is 5.75 Å². The molecule has 0 aromatic heterocycles. The fraction of sp³-hybridized carbons (Fsp3) is 0.385. The summed E-state index contributed by atoms with van der Waals surface area (Å²) < 4.78 is 19.3. The number of amides is 1. The van der Waals surface area contributed by atoms with Crippen LogP contribution in [0.1, 0.15) is 42.5 Å². The van der Waals surface area contributed by atoms with Crippen LogP contribution in [-0.2, 0) is 9.59 Å². The third-order valence-electron chi connectivity index (χ3n) is 5.64. The van der Waals surface area contributed by atoms with Crippen molar-refractivity contribution < 1.29 is 23.8 Å². The standard InChI is InChI=1S/C26H31FN2O4/c1-5-15-33-21-12-9-19(16-17(21)2)24(30)22-23(18-7-10-20(27)11-8-18)29(26(32)25(22)31)14-6-13-28(3)4/h7-12,16,23,30H,5-6,13-15H2,1-4H3/b24-22+. The second kappa shape index (κ2) is 10.6. The van der Waals surface area contributed by atoms with Crippen molar-refractivity contribution in [2.24, 2.45) is 0 Å². The van der Waals surface area contributed by atoms with E-state index in [-0.39, 0.29) is 11.3 Å². The molecule has 3 rings (SSSR count). The normalized spacial score (nSPS) is 17.8. The summed E-state index contributed by atoms with van der Waals surface area (Å²) in [5.41, 5.74) is 1.82. The summed E-state index contributed by atoms with van der Waals surface area (Å²) in [6.07, 6.45) is 1.52. The number of carbonyl (C=O) groups excluding carboxylic acids is 2. The molecule has 1 atom stereocenters. The summed E-state index contributed by atoms with van der Waals surface area (Å²) in [6, 6.07) is 10.1. The molecule has 2 aromatic rings. The van der Waals surface area contributed by atoms with Crippen molar-refractivity contribution in [3.63, 3.8) is 0 Å². The Bertz CT molecular complexity index is 1050. The van der Waals surface area contributed by atoms with Crippen LogP contribution < -0.4 is 4.74 Å². The number of halogens is 1. The zero-order valence-electron chi connectivity index (χ0n) is 19.6. The largest absolute Gasteiger partial charge is 0.507 e. The summed E-state index contributed by atoms with van der Waals surface area (Å²) in [6.45, 7) is 5.53. The Hall–Kier alpha value is -3.19. The topological polar surface area (TPSA) is 70.1 Å². The average molecular weight is 455 g/mol. The Balaban J connectivity index is 2.05. The van der Waals surface area contributed by atoms with Crippen molar-refractivity contribution in [2.75, 3.05) is 33.8 Å². The van der Waals surface area contributed by atoms with E-state index in [0.717, 1.165) is 18.5 Å². The van der Waals surface area contributed by atoms with Crippen LogP contribution in [0.25, 0.3) is 5.76 Å². The van der Waals surface area contributed by atoms with Gasteiger partial charge in [0.25, 0.3) is 11.7 Å². The second-order valence-electron chi connectivity index (χ2n) is 8.53. The second-order valence-corrected chi connectivity index (χ2v) is 8.53. The first-order valence-electron chi connectivity index (χ1n) is 11.2. The van der Waals surface area contributed by atoms with Gasteiger partial charge in [-0.2, -0.15) is 0 Å². The Morgan fingerprint density at radius 1 is 1.15 bits per heavy atom. The van der Waals surface area contributed by atoms with Crippen molar-refractivity contribution in [3.05, 3.63) is 70.5 Å². The summed E-state index contributed by atoms with van der Waals surface area (Å²) in [5, 5.41) is 11.2. The highest BCUT2D eigenvalue weighted by Gasteiger charge is 2.45. The van der Waals surface area contributed by atoms with Gasteiger partial charge in [0.15, 0.2) is 0 Å². The first kappa shape index (κ1) is 24.5. The lowest BCUT2D eigenvalue weighted by Gasteiger charge is -2.26. The van der Waals surface area contributed by atoms with Crippen molar-refractivity contribution in [1.82, 2.24) is 9.80 Å². The van der Waals surface area contributed by atoms with Crippen molar-refractivity contribution in [1.29, 1.82) is 0 Å². The highest BCUT2D eigenvalue weighted by molar-refractivity contribution is 6.46. The molecular formula is C26H31FN2O4. The molecule has 1 heterocycles. The lowest BCUT2D eigenvalue weighted by Crippen LogP contribution is -2.32. The van der Waals surface area contributed by atoms with Gasteiger partial charge in [0, 0.05) is 12.1 Å². The molecule has 1 fully saturated rings. The van der Waals surface area contributed by atoms with Gasteiger partial charge in [0.05, 0.1) is 18.2 Å². The quantitative estimate of drug-likeness (QED) is 0.348. The number of aryl methyl sites for hydroxylation is 1. The number of Topliss-reactive ketones (excluding diaryl/α,β-unsaturated/α-hetero) is 1. The van der Waals surface area contributed by atoms with Gasteiger partial charge in [-0.15, -0.1) is 0 Å². The van der Waals surface area contributed by atoms with Gasteiger partial charge in [0.1, 0.15) is 17.3 Å². The molecular weight excluding hydrogens is 423 g/mol. The molecule has 1 amide bonds. The van der Waals surface area contributed by atoms with Gasteiger partial charge in [0.2, 0.25) is 0 Å². The Kier molecular flexibility index (Phi) is 7.87. The molecule has 0 aliphatic carbocycles. The molecule has 7 heteroatoms. The van der Waals surface area contributed by atoms with Crippen LogP contribution in [0, 0.1) is 12.7 Å². The molecule has 0 bridgehead atoms. The Labute approximate surface area is 194 Å². The number of likely N-dealkylation sites (tertiary alicyclic amines) is 1. The number of benzene rings is 2. The molecule has 0 spiro atoms. The zero-order chi connectivity index (χ0) is 24.1. The van der Waals surface area contributed by atoms with Crippen LogP contribution in [0.4, 0.5) is 4.39 Å². The van der Waals surface area contributed by atoms with Crippen molar-refractivity contribution >= 4 is 17.4 Å². The van der Waals surface area contributed by atoms with E-state index in [1.54, 1.807) is 30.3 Å². The van der Waals surface area contributed by atoms with Crippen LogP contribution in [0.3, 0.4) is 0 Å². The minimum absolute atomic E-state index is 0.0121. The third kappa shape index (κ3) is 5.42. The number of nitrogens with zero attached hydrogens (tertiary/aromatic N) is 2. The fourth-order valence-electron chi connectivity index (χ4n) is 3.99. The van der Waals surface area contributed by atoms with Gasteiger partial charge in [-0.1, -0.05) is 19.1 Å². The molecule has 1 aliphatic heterocycles. The monoisotopic (exact) mass is 454 g/mol. The van der Waals surface area contributed by atoms with E-state index in [9.17, 15) is 19.1 Å². The fourth-order valence-corrected chi connectivity index (χ4v) is 3.99. The van der Waals surface area contributed by atoms with Crippen LogP contribution >= 0.6 is 0 Å². The van der Waals surface area contributed by atoms with Crippen LogP contribution in [0.15, 0.2) is 48.0 Å². The smallest absolute Gasteiger partial charge is 0.295 e. The SMILES string of the molecule is CCCOc1ccc(/C(O)=C2\C(=O)C(=O)N(CCCN(C)C)C2c2ccc(F)cc2)cc1C. The van der Waals surface area contributed by atoms with E-state index in [1.165, 1.54) is 17.0 Å². The van der Waals surface area contributed by atoms with E-state index in [1.807, 2.05) is 32.8 Å². The summed E-state index contributed by atoms with van der Waals surface area (Å²) in [7, 11) is 3.86. The summed E-state index contributed by atoms with van der Waals surface area (Å²) >= 11 is 0. The minimum atomic E-state index is -0.788. The molecule has 176 valence electrons. The molecule has 1 saturated heterocycles. The summed E-state index contributed by atoms with van der Waals surface area (Å²) in [5.74, 6) is -1.36. The van der Waals surface area contributed by atoms with E-state index in [0.29, 0.717) is 36.4 Å². The lowest BCUT2D eigenvalue weighted by molar-refractivity contribution is -0.139. The average Bonchev–Trinajstić information content (AvgIpc) is 3.03. The highest BCUT2D eigenvalue weighted by Crippen LogP contribution is 2.40. The van der Waals surface area contributed by atoms with E-state index in [2.05, 4.69) is 0 Å². The zero-order valence-corrected chi connectivity index (χ0v) is 19.6. The number of carbonyl (C=O) groups is 2. The van der Waals surface area contributed by atoms with Gasteiger partial charge in [-0.25, -0.2) is 4.39 Å². The minimum Gasteiger partial charge on any atom is -0.507 e. The molecule has 1 unspecified atom stereocenters. The number of aliphatic hydroxyl groups excluding tert-OH is 1. The Morgan fingerprint density at radius 3 is 2.45 bits per heavy atom. The van der Waals surface area contributed by atoms with Crippen LogP contribution in [-0.4, -0.2) is 60.4 Å². The number of ether oxygens (including phenoxy) is 1.